The third kappa shape index (κ3) is 3.75. The molecule has 1 N–H and O–H groups in total. The van der Waals surface area contributed by atoms with Crippen LogP contribution in [0.15, 0.2) is 33.9 Å². The molecule has 0 radical (unpaired) electrons. The van der Waals surface area contributed by atoms with Crippen molar-refractivity contribution in [2.45, 2.75) is 19.8 Å². The van der Waals surface area contributed by atoms with Gasteiger partial charge in [0.1, 0.15) is 0 Å². The lowest BCUT2D eigenvalue weighted by Gasteiger charge is -2.14. The highest BCUT2D eigenvalue weighted by Gasteiger charge is 2.19. The first-order valence-electron chi connectivity index (χ1n) is 8.75. The summed E-state index contributed by atoms with van der Waals surface area (Å²) in [5, 5.41) is 6.76. The Bertz CT molecular complexity index is 908. The van der Waals surface area contributed by atoms with Crippen LogP contribution in [-0.4, -0.2) is 51.3 Å². The Labute approximate surface area is 151 Å². The third-order valence-electron chi connectivity index (χ3n) is 4.58. The lowest BCUT2D eigenvalue weighted by atomic mass is 10.2. The number of aromatic nitrogens is 3. The zero-order chi connectivity index (χ0) is 18.7. The van der Waals surface area contributed by atoms with Gasteiger partial charge in [-0.25, -0.2) is 4.79 Å². The second-order valence-electron chi connectivity index (χ2n) is 6.55. The summed E-state index contributed by atoms with van der Waals surface area (Å²) in [4.78, 5) is 39.3. The molecule has 0 aliphatic carbocycles. The zero-order valence-electron chi connectivity index (χ0n) is 15.1. The Kier molecular flexibility index (Phi) is 5.32. The summed E-state index contributed by atoms with van der Waals surface area (Å²) in [6, 6.07) is 7.13. The molecule has 0 atom stereocenters. The average molecular weight is 357 g/mol. The fraction of sp³-hybridized carbons (Fsp3) is 0.444. The maximum absolute atomic E-state index is 12.4. The van der Waals surface area contributed by atoms with Crippen LogP contribution < -0.4 is 16.6 Å². The molecule has 2 heterocycles. The van der Waals surface area contributed by atoms with E-state index in [2.05, 4.69) is 15.3 Å². The van der Waals surface area contributed by atoms with E-state index in [1.165, 1.54) is 19.9 Å². The molecule has 2 aromatic rings. The maximum Gasteiger partial charge on any atom is 0.351 e. The number of amides is 1. The van der Waals surface area contributed by atoms with E-state index in [0.29, 0.717) is 12.2 Å². The Morgan fingerprint density at radius 3 is 2.46 bits per heavy atom. The largest absolute Gasteiger partial charge is 0.351 e. The number of benzene rings is 1. The molecular formula is C18H23N5O3. The van der Waals surface area contributed by atoms with Crippen molar-refractivity contribution in [2.24, 2.45) is 7.05 Å². The zero-order valence-corrected chi connectivity index (χ0v) is 15.1. The number of likely N-dealkylation sites (tertiary alicyclic amines) is 1. The van der Waals surface area contributed by atoms with Crippen molar-refractivity contribution < 1.29 is 4.79 Å². The minimum Gasteiger partial charge on any atom is -0.349 e. The summed E-state index contributed by atoms with van der Waals surface area (Å²) in [6.07, 6.45) is 2.36. The summed E-state index contributed by atoms with van der Waals surface area (Å²) in [5.74, 6) is -0.564. The van der Waals surface area contributed by atoms with E-state index in [9.17, 15) is 14.4 Å². The van der Waals surface area contributed by atoms with Crippen molar-refractivity contribution in [1.82, 2.24) is 24.6 Å². The van der Waals surface area contributed by atoms with Crippen molar-refractivity contribution in [3.05, 3.63) is 56.4 Å². The molecule has 1 aliphatic rings. The van der Waals surface area contributed by atoms with Crippen molar-refractivity contribution in [1.29, 1.82) is 0 Å². The van der Waals surface area contributed by atoms with Gasteiger partial charge in [-0.1, -0.05) is 17.7 Å². The number of carbonyl (C=O) groups excluding carboxylic acids is 1. The maximum atomic E-state index is 12.4. The molecule has 1 aliphatic heterocycles. The summed E-state index contributed by atoms with van der Waals surface area (Å²) in [6.45, 7) is 5.18. The first-order chi connectivity index (χ1) is 12.5. The van der Waals surface area contributed by atoms with Gasteiger partial charge < -0.3 is 10.2 Å². The van der Waals surface area contributed by atoms with Gasteiger partial charge in [-0.2, -0.15) is 9.78 Å². The summed E-state index contributed by atoms with van der Waals surface area (Å²) in [5.41, 5.74) is -0.0348. The molecule has 0 spiro atoms. The van der Waals surface area contributed by atoms with Crippen molar-refractivity contribution in [3.63, 3.8) is 0 Å². The molecule has 26 heavy (non-hydrogen) atoms. The molecule has 0 saturated carbocycles. The first kappa shape index (κ1) is 18.1. The number of hydrogen-bond acceptors (Lipinski definition) is 5. The third-order valence-corrected chi connectivity index (χ3v) is 4.58. The van der Waals surface area contributed by atoms with Crippen LogP contribution in [0.3, 0.4) is 0 Å². The summed E-state index contributed by atoms with van der Waals surface area (Å²) >= 11 is 0. The van der Waals surface area contributed by atoms with E-state index >= 15 is 0 Å². The highest BCUT2D eigenvalue weighted by molar-refractivity contribution is 5.91. The fourth-order valence-corrected chi connectivity index (χ4v) is 2.99. The Morgan fingerprint density at radius 1 is 1.15 bits per heavy atom. The molecule has 1 saturated heterocycles. The molecule has 3 rings (SSSR count). The number of hydrogen-bond donors (Lipinski definition) is 1. The number of aryl methyl sites for hydroxylation is 1. The van der Waals surface area contributed by atoms with E-state index in [0.717, 1.165) is 34.4 Å². The van der Waals surface area contributed by atoms with Crippen LogP contribution in [0.1, 0.15) is 28.9 Å². The lowest BCUT2D eigenvalue weighted by molar-refractivity contribution is 0.0940. The molecule has 1 fully saturated rings. The SMILES string of the molecule is Cc1ccc(-n2nc(C(=O)NCCN3CCCC3)c(=O)n(C)c2=O)cc1. The normalized spacial score (nSPS) is 14.5. The van der Waals surface area contributed by atoms with Gasteiger partial charge in [0.2, 0.25) is 5.69 Å². The van der Waals surface area contributed by atoms with Gasteiger partial charge >= 0.3 is 5.69 Å². The van der Waals surface area contributed by atoms with Crippen molar-refractivity contribution >= 4 is 5.91 Å². The average Bonchev–Trinajstić information content (AvgIpc) is 3.14. The van der Waals surface area contributed by atoms with E-state index < -0.39 is 17.2 Å². The molecule has 8 heteroatoms. The van der Waals surface area contributed by atoms with E-state index in [4.69, 9.17) is 0 Å². The lowest BCUT2D eigenvalue weighted by Crippen LogP contribution is -2.45. The highest BCUT2D eigenvalue weighted by Crippen LogP contribution is 2.06. The topological polar surface area (TPSA) is 89.2 Å². The van der Waals surface area contributed by atoms with Crippen LogP contribution >= 0.6 is 0 Å². The van der Waals surface area contributed by atoms with Crippen molar-refractivity contribution in [3.8, 4) is 5.69 Å². The Hall–Kier alpha value is -2.74. The van der Waals surface area contributed by atoms with Crippen LogP contribution in [0.25, 0.3) is 5.69 Å². The van der Waals surface area contributed by atoms with Gasteiger partial charge in [0, 0.05) is 20.1 Å². The van der Waals surface area contributed by atoms with Gasteiger partial charge in [0.25, 0.3) is 11.5 Å². The Balaban J connectivity index is 1.84. The van der Waals surface area contributed by atoms with Crippen LogP contribution in [0, 0.1) is 6.92 Å². The molecule has 1 aromatic heterocycles. The summed E-state index contributed by atoms with van der Waals surface area (Å²) in [7, 11) is 1.35. The van der Waals surface area contributed by atoms with Gasteiger partial charge in [-0.05, 0) is 45.0 Å². The van der Waals surface area contributed by atoms with Crippen LogP contribution in [0.2, 0.25) is 0 Å². The van der Waals surface area contributed by atoms with Crippen molar-refractivity contribution in [2.75, 3.05) is 26.2 Å². The highest BCUT2D eigenvalue weighted by atomic mass is 16.2. The second-order valence-corrected chi connectivity index (χ2v) is 6.55. The molecule has 138 valence electrons. The van der Waals surface area contributed by atoms with Crippen LogP contribution in [-0.2, 0) is 7.05 Å². The fourth-order valence-electron chi connectivity index (χ4n) is 2.99. The van der Waals surface area contributed by atoms with E-state index in [-0.39, 0.29) is 5.69 Å². The molecule has 0 unspecified atom stereocenters. The second kappa shape index (κ2) is 7.65. The number of carbonyl (C=O) groups is 1. The smallest absolute Gasteiger partial charge is 0.349 e. The minimum atomic E-state index is -0.697. The van der Waals surface area contributed by atoms with Crippen LogP contribution in [0.4, 0.5) is 0 Å². The molecule has 0 bridgehead atoms. The molecule has 1 amide bonds. The van der Waals surface area contributed by atoms with Gasteiger partial charge in [-0.3, -0.25) is 14.2 Å². The minimum absolute atomic E-state index is 0.283. The van der Waals surface area contributed by atoms with E-state index in [1.807, 2.05) is 19.1 Å². The van der Waals surface area contributed by atoms with Gasteiger partial charge in [-0.15, -0.1) is 0 Å². The van der Waals surface area contributed by atoms with E-state index in [1.54, 1.807) is 12.1 Å². The summed E-state index contributed by atoms with van der Waals surface area (Å²) < 4.78 is 1.98. The standard InChI is InChI=1S/C18H23N5O3/c1-13-5-7-14(8-6-13)23-18(26)21(2)17(25)15(20-23)16(24)19-9-12-22-10-3-4-11-22/h5-8H,3-4,9-12H2,1-2H3,(H,19,24). The monoisotopic (exact) mass is 357 g/mol. The predicted molar refractivity (Wildman–Crippen MR) is 97.8 cm³/mol. The molecule has 1 aromatic carbocycles. The van der Waals surface area contributed by atoms with Gasteiger partial charge in [0.05, 0.1) is 5.69 Å². The first-order valence-corrected chi connectivity index (χ1v) is 8.75. The number of nitrogens with zero attached hydrogens (tertiary/aromatic N) is 4. The predicted octanol–water partition coefficient (Wildman–Crippen LogP) is 0.0652. The Morgan fingerprint density at radius 2 is 1.81 bits per heavy atom. The quantitative estimate of drug-likeness (QED) is 0.818. The molecule has 8 nitrogen and oxygen atoms in total. The van der Waals surface area contributed by atoms with Gasteiger partial charge in [0.15, 0.2) is 0 Å². The molecular weight excluding hydrogens is 334 g/mol. The number of rotatable bonds is 5. The van der Waals surface area contributed by atoms with Crippen LogP contribution in [0.5, 0.6) is 0 Å². The number of nitrogens with one attached hydrogen (secondary N) is 1.